The maximum absolute atomic E-state index is 13.3. The molecule has 0 atom stereocenters. The van der Waals surface area contributed by atoms with Gasteiger partial charge in [0, 0.05) is 18.3 Å². The first kappa shape index (κ1) is 17.5. The van der Waals surface area contributed by atoms with Crippen LogP contribution in [0.3, 0.4) is 0 Å². The van der Waals surface area contributed by atoms with Crippen molar-refractivity contribution in [1.82, 2.24) is 9.78 Å². The van der Waals surface area contributed by atoms with Gasteiger partial charge in [-0.25, -0.2) is 9.07 Å². The highest BCUT2D eigenvalue weighted by atomic mass is 19.1. The van der Waals surface area contributed by atoms with Crippen molar-refractivity contribution >= 4 is 11.6 Å². The SMILES string of the molecule is CCN(C(=O)c1ccc(=O)n(Cc2cccc(F)c2)n1)c1ccccc1. The lowest BCUT2D eigenvalue weighted by Gasteiger charge is -2.20. The van der Waals surface area contributed by atoms with Gasteiger partial charge in [-0.15, -0.1) is 0 Å². The van der Waals surface area contributed by atoms with Gasteiger partial charge in [-0.1, -0.05) is 30.3 Å². The highest BCUT2D eigenvalue weighted by Crippen LogP contribution is 2.15. The van der Waals surface area contributed by atoms with Crippen molar-refractivity contribution in [3.63, 3.8) is 0 Å². The van der Waals surface area contributed by atoms with Gasteiger partial charge in [0.1, 0.15) is 11.5 Å². The second-order valence-electron chi connectivity index (χ2n) is 5.73. The average molecular weight is 351 g/mol. The van der Waals surface area contributed by atoms with E-state index in [0.29, 0.717) is 12.1 Å². The number of para-hydroxylation sites is 1. The summed E-state index contributed by atoms with van der Waals surface area (Å²) >= 11 is 0. The number of hydrogen-bond donors (Lipinski definition) is 0. The summed E-state index contributed by atoms with van der Waals surface area (Å²) in [4.78, 5) is 26.5. The summed E-state index contributed by atoms with van der Waals surface area (Å²) in [5, 5.41) is 4.18. The van der Waals surface area contributed by atoms with Crippen LogP contribution in [0.1, 0.15) is 23.0 Å². The molecule has 1 aromatic heterocycles. The van der Waals surface area contributed by atoms with Crippen molar-refractivity contribution in [3.05, 3.63) is 94.2 Å². The third-order valence-corrected chi connectivity index (χ3v) is 3.94. The van der Waals surface area contributed by atoms with Gasteiger partial charge < -0.3 is 4.90 Å². The minimum atomic E-state index is -0.385. The van der Waals surface area contributed by atoms with Crippen molar-refractivity contribution in [2.45, 2.75) is 13.5 Å². The molecule has 0 fully saturated rings. The Balaban J connectivity index is 1.91. The molecule has 0 aliphatic carbocycles. The third-order valence-electron chi connectivity index (χ3n) is 3.94. The summed E-state index contributed by atoms with van der Waals surface area (Å²) in [6, 6.07) is 17.9. The fraction of sp³-hybridized carbons (Fsp3) is 0.150. The molecule has 0 saturated heterocycles. The molecule has 0 aliphatic rings. The third kappa shape index (κ3) is 3.85. The molecule has 3 rings (SSSR count). The summed E-state index contributed by atoms with van der Waals surface area (Å²) < 4.78 is 14.5. The van der Waals surface area contributed by atoms with Gasteiger partial charge in [-0.05, 0) is 42.8 Å². The molecule has 26 heavy (non-hydrogen) atoms. The van der Waals surface area contributed by atoms with Crippen molar-refractivity contribution in [2.75, 3.05) is 11.4 Å². The van der Waals surface area contributed by atoms with E-state index >= 15 is 0 Å². The molecule has 1 amide bonds. The molecule has 2 aromatic carbocycles. The van der Waals surface area contributed by atoms with Gasteiger partial charge in [0.05, 0.1) is 6.54 Å². The van der Waals surface area contributed by atoms with Crippen LogP contribution in [0.4, 0.5) is 10.1 Å². The summed E-state index contributed by atoms with van der Waals surface area (Å²) in [5.41, 5.74) is 1.16. The van der Waals surface area contributed by atoms with Crippen LogP contribution in [0, 0.1) is 5.82 Å². The smallest absolute Gasteiger partial charge is 0.278 e. The molecule has 3 aromatic rings. The van der Waals surface area contributed by atoms with E-state index in [0.717, 1.165) is 5.69 Å². The molecule has 0 radical (unpaired) electrons. The Morgan fingerprint density at radius 2 is 1.85 bits per heavy atom. The quantitative estimate of drug-likeness (QED) is 0.710. The Morgan fingerprint density at radius 3 is 2.54 bits per heavy atom. The normalized spacial score (nSPS) is 10.5. The Labute approximate surface area is 150 Å². The second-order valence-corrected chi connectivity index (χ2v) is 5.73. The van der Waals surface area contributed by atoms with Gasteiger partial charge in [0.15, 0.2) is 0 Å². The van der Waals surface area contributed by atoms with E-state index in [1.165, 1.54) is 28.9 Å². The van der Waals surface area contributed by atoms with Crippen molar-refractivity contribution in [1.29, 1.82) is 0 Å². The summed E-state index contributed by atoms with van der Waals surface area (Å²) in [5.74, 6) is -0.685. The maximum atomic E-state index is 13.3. The number of hydrogen-bond acceptors (Lipinski definition) is 3. The highest BCUT2D eigenvalue weighted by molar-refractivity contribution is 6.04. The van der Waals surface area contributed by atoms with Crippen molar-refractivity contribution in [2.24, 2.45) is 0 Å². The average Bonchev–Trinajstić information content (AvgIpc) is 2.65. The van der Waals surface area contributed by atoms with Gasteiger partial charge >= 0.3 is 0 Å². The topological polar surface area (TPSA) is 55.2 Å². The number of halogens is 1. The first-order chi connectivity index (χ1) is 12.6. The molecule has 0 aliphatic heterocycles. The number of nitrogens with zero attached hydrogens (tertiary/aromatic N) is 3. The number of anilines is 1. The zero-order chi connectivity index (χ0) is 18.5. The predicted octanol–water partition coefficient (Wildman–Crippen LogP) is 3.10. The van der Waals surface area contributed by atoms with E-state index in [9.17, 15) is 14.0 Å². The van der Waals surface area contributed by atoms with E-state index in [-0.39, 0.29) is 29.5 Å². The Morgan fingerprint density at radius 1 is 1.08 bits per heavy atom. The Kier molecular flexibility index (Phi) is 5.22. The van der Waals surface area contributed by atoms with E-state index in [4.69, 9.17) is 0 Å². The van der Waals surface area contributed by atoms with Crippen LogP contribution in [0.5, 0.6) is 0 Å². The Hall–Kier alpha value is -3.28. The molecular weight excluding hydrogens is 333 g/mol. The van der Waals surface area contributed by atoms with Crippen LogP contribution >= 0.6 is 0 Å². The number of amides is 1. The number of benzene rings is 2. The van der Waals surface area contributed by atoms with Crippen molar-refractivity contribution < 1.29 is 9.18 Å². The molecule has 0 N–H and O–H groups in total. The van der Waals surface area contributed by atoms with Crippen molar-refractivity contribution in [3.8, 4) is 0 Å². The minimum Gasteiger partial charge on any atom is -0.307 e. The maximum Gasteiger partial charge on any atom is 0.278 e. The van der Waals surface area contributed by atoms with Gasteiger partial charge in [0.2, 0.25) is 0 Å². The molecule has 5 nitrogen and oxygen atoms in total. The molecule has 0 spiro atoms. The van der Waals surface area contributed by atoms with Gasteiger partial charge in [-0.2, -0.15) is 5.10 Å². The van der Waals surface area contributed by atoms with Crippen LogP contribution in [-0.4, -0.2) is 22.2 Å². The van der Waals surface area contributed by atoms with Crippen LogP contribution in [0.15, 0.2) is 71.5 Å². The summed E-state index contributed by atoms with van der Waals surface area (Å²) in [7, 11) is 0. The number of carbonyl (C=O) groups excluding carboxylic acids is 1. The van der Waals surface area contributed by atoms with Gasteiger partial charge in [-0.3, -0.25) is 9.59 Å². The first-order valence-electron chi connectivity index (χ1n) is 8.28. The van der Waals surface area contributed by atoms with E-state index < -0.39 is 0 Å². The molecule has 6 heteroatoms. The highest BCUT2D eigenvalue weighted by Gasteiger charge is 2.18. The minimum absolute atomic E-state index is 0.0924. The lowest BCUT2D eigenvalue weighted by Crippen LogP contribution is -2.34. The van der Waals surface area contributed by atoms with Crippen LogP contribution in [0.2, 0.25) is 0 Å². The Bertz CT molecular complexity index is 970. The van der Waals surface area contributed by atoms with Crippen LogP contribution in [0.25, 0.3) is 0 Å². The van der Waals surface area contributed by atoms with Gasteiger partial charge in [0.25, 0.3) is 11.5 Å². The zero-order valence-electron chi connectivity index (χ0n) is 14.3. The standard InChI is InChI=1S/C20H18FN3O2/c1-2-23(17-9-4-3-5-10-17)20(26)18-11-12-19(25)24(22-18)14-15-7-6-8-16(21)13-15/h3-13H,2,14H2,1H3. The van der Waals surface area contributed by atoms with E-state index in [2.05, 4.69) is 5.10 Å². The molecule has 0 saturated carbocycles. The molecule has 132 valence electrons. The summed E-state index contributed by atoms with van der Waals surface area (Å²) in [6.07, 6.45) is 0. The fourth-order valence-corrected chi connectivity index (χ4v) is 2.67. The lowest BCUT2D eigenvalue weighted by molar-refractivity contribution is 0.0981. The van der Waals surface area contributed by atoms with Crippen LogP contribution < -0.4 is 10.5 Å². The molecule has 0 bridgehead atoms. The summed E-state index contributed by atoms with van der Waals surface area (Å²) in [6.45, 7) is 2.43. The second kappa shape index (κ2) is 7.74. The first-order valence-corrected chi connectivity index (χ1v) is 8.28. The molecule has 1 heterocycles. The number of aromatic nitrogens is 2. The lowest BCUT2D eigenvalue weighted by atomic mass is 10.2. The largest absolute Gasteiger partial charge is 0.307 e. The predicted molar refractivity (Wildman–Crippen MR) is 97.8 cm³/mol. The number of rotatable bonds is 5. The van der Waals surface area contributed by atoms with Crippen LogP contribution in [-0.2, 0) is 6.54 Å². The fourth-order valence-electron chi connectivity index (χ4n) is 2.67. The van der Waals surface area contributed by atoms with E-state index in [1.54, 1.807) is 17.0 Å². The monoisotopic (exact) mass is 351 g/mol. The van der Waals surface area contributed by atoms with E-state index in [1.807, 2.05) is 37.3 Å². The molecular formula is C20H18FN3O2. The molecule has 0 unspecified atom stereocenters. The zero-order valence-corrected chi connectivity index (χ0v) is 14.3. The number of carbonyl (C=O) groups is 1.